The molecule has 148 valence electrons. The van der Waals surface area contributed by atoms with Crippen molar-refractivity contribution < 1.29 is 17.4 Å². The van der Waals surface area contributed by atoms with E-state index in [4.69, 9.17) is 8.94 Å². The van der Waals surface area contributed by atoms with E-state index in [1.165, 1.54) is 21.5 Å². The van der Waals surface area contributed by atoms with Crippen molar-refractivity contribution in [2.24, 2.45) is 0 Å². The Hall–Kier alpha value is -2.58. The van der Waals surface area contributed by atoms with E-state index >= 15 is 0 Å². The molecule has 2 aromatic heterocycles. The average molecular weight is 401 g/mol. The largest absolute Gasteiger partial charge is 0.440 e. The molecule has 1 aliphatic rings. The van der Waals surface area contributed by atoms with E-state index in [-0.39, 0.29) is 5.09 Å². The fourth-order valence-corrected chi connectivity index (χ4v) is 4.76. The van der Waals surface area contributed by atoms with Gasteiger partial charge in [0.25, 0.3) is 10.0 Å². The first-order valence-corrected chi connectivity index (χ1v) is 10.6. The van der Waals surface area contributed by atoms with Gasteiger partial charge in [-0.15, -0.1) is 0 Å². The highest BCUT2D eigenvalue weighted by Crippen LogP contribution is 2.28. The van der Waals surface area contributed by atoms with Crippen molar-refractivity contribution in [3.63, 3.8) is 0 Å². The molecule has 0 spiro atoms. The van der Waals surface area contributed by atoms with Gasteiger partial charge in [-0.2, -0.15) is 4.31 Å². The molecule has 0 amide bonds. The van der Waals surface area contributed by atoms with Gasteiger partial charge in [-0.3, -0.25) is 0 Å². The zero-order valence-electron chi connectivity index (χ0n) is 16.2. The van der Waals surface area contributed by atoms with E-state index in [2.05, 4.69) is 42.1 Å². The molecule has 0 aliphatic carbocycles. The Bertz CT molecular complexity index is 1090. The molecule has 3 aromatic rings. The number of hydrogen-bond acceptors (Lipinski definition) is 6. The van der Waals surface area contributed by atoms with Crippen LogP contribution >= 0.6 is 0 Å². The number of hydrogen-bond donors (Lipinski definition) is 0. The molecule has 1 saturated heterocycles. The molecule has 0 radical (unpaired) electrons. The molecule has 0 unspecified atom stereocenters. The molecule has 7 nitrogen and oxygen atoms in total. The summed E-state index contributed by atoms with van der Waals surface area (Å²) in [5.41, 5.74) is 4.26. The molecule has 0 N–H and O–H groups in total. The summed E-state index contributed by atoms with van der Waals surface area (Å²) in [4.78, 5) is 2.24. The van der Waals surface area contributed by atoms with Crippen molar-refractivity contribution in [2.75, 3.05) is 31.1 Å². The lowest BCUT2D eigenvalue weighted by molar-refractivity contribution is 0.358. The van der Waals surface area contributed by atoms with E-state index in [1.54, 1.807) is 19.1 Å². The summed E-state index contributed by atoms with van der Waals surface area (Å²) in [5, 5.41) is 3.73. The Morgan fingerprint density at radius 2 is 1.68 bits per heavy atom. The Kier molecular flexibility index (Phi) is 4.76. The van der Waals surface area contributed by atoms with Crippen LogP contribution in [0, 0.1) is 20.8 Å². The van der Waals surface area contributed by atoms with Gasteiger partial charge in [-0.05, 0) is 50.1 Å². The summed E-state index contributed by atoms with van der Waals surface area (Å²) >= 11 is 0. The molecule has 4 rings (SSSR count). The summed E-state index contributed by atoms with van der Waals surface area (Å²) in [5.74, 6) is 0.770. The van der Waals surface area contributed by atoms with Crippen molar-refractivity contribution >= 4 is 15.7 Å². The molecule has 0 bridgehead atoms. The van der Waals surface area contributed by atoms with E-state index in [9.17, 15) is 8.42 Å². The lowest BCUT2D eigenvalue weighted by Crippen LogP contribution is -2.48. The maximum absolute atomic E-state index is 13.0. The molecule has 28 heavy (non-hydrogen) atoms. The number of furan rings is 1. The van der Waals surface area contributed by atoms with Crippen LogP contribution in [0.5, 0.6) is 0 Å². The first kappa shape index (κ1) is 18.8. The number of sulfonamides is 1. The Labute approximate surface area is 164 Å². The highest BCUT2D eigenvalue weighted by Gasteiger charge is 2.31. The van der Waals surface area contributed by atoms with E-state index in [0.29, 0.717) is 43.4 Å². The van der Waals surface area contributed by atoms with Gasteiger partial charge in [0.15, 0.2) is 5.76 Å². The second-order valence-electron chi connectivity index (χ2n) is 7.13. The van der Waals surface area contributed by atoms with Gasteiger partial charge in [0.1, 0.15) is 0 Å². The van der Waals surface area contributed by atoms with Crippen LogP contribution in [-0.4, -0.2) is 44.1 Å². The summed E-state index contributed by atoms with van der Waals surface area (Å²) in [6.07, 6.45) is 0. The predicted molar refractivity (Wildman–Crippen MR) is 106 cm³/mol. The van der Waals surface area contributed by atoms with E-state index in [0.717, 1.165) is 5.69 Å². The number of anilines is 1. The third kappa shape index (κ3) is 3.45. The standard InChI is InChI=1S/C20H23N3O4S/c1-14-4-5-15(2)17(12-14)22-8-10-23(11-9-22)28(24,25)20-7-6-18(26-20)19-13-16(3)21-27-19/h4-7,12-13H,8-11H2,1-3H3. The number of piperazine rings is 1. The zero-order chi connectivity index (χ0) is 19.9. The van der Waals surface area contributed by atoms with Crippen molar-refractivity contribution in [3.8, 4) is 11.5 Å². The van der Waals surface area contributed by atoms with Gasteiger partial charge in [-0.25, -0.2) is 8.42 Å². The Morgan fingerprint density at radius 1 is 0.929 bits per heavy atom. The quantitative estimate of drug-likeness (QED) is 0.667. The zero-order valence-corrected chi connectivity index (χ0v) is 17.0. The molecule has 0 saturated carbocycles. The van der Waals surface area contributed by atoms with Crippen molar-refractivity contribution in [1.29, 1.82) is 0 Å². The number of rotatable bonds is 4. The molecule has 1 fully saturated rings. The second kappa shape index (κ2) is 7.10. The maximum atomic E-state index is 13.0. The normalized spacial score (nSPS) is 15.9. The van der Waals surface area contributed by atoms with E-state index in [1.807, 2.05) is 0 Å². The summed E-state index contributed by atoms with van der Waals surface area (Å²) in [6.45, 7) is 8.03. The van der Waals surface area contributed by atoms with Crippen LogP contribution in [0.25, 0.3) is 11.5 Å². The van der Waals surface area contributed by atoms with Crippen LogP contribution in [0.15, 0.2) is 50.4 Å². The smallest absolute Gasteiger partial charge is 0.276 e. The fourth-order valence-electron chi connectivity index (χ4n) is 3.43. The highest BCUT2D eigenvalue weighted by molar-refractivity contribution is 7.89. The van der Waals surface area contributed by atoms with Crippen molar-refractivity contribution in [3.05, 3.63) is 53.2 Å². The highest BCUT2D eigenvalue weighted by atomic mass is 32.2. The van der Waals surface area contributed by atoms with Gasteiger partial charge in [-0.1, -0.05) is 17.3 Å². The molecule has 1 aliphatic heterocycles. The SMILES string of the molecule is Cc1ccc(C)c(N2CCN(S(=O)(=O)c3ccc(-c4cc(C)no4)o3)CC2)c1. The minimum atomic E-state index is -3.69. The predicted octanol–water partition coefficient (Wildman–Crippen LogP) is 3.37. The molecular formula is C20H23N3O4S. The molecule has 3 heterocycles. The van der Waals surface area contributed by atoms with Crippen molar-refractivity contribution in [1.82, 2.24) is 9.46 Å². The fraction of sp³-hybridized carbons (Fsp3) is 0.350. The van der Waals surface area contributed by atoms with Gasteiger partial charge in [0.2, 0.25) is 10.9 Å². The summed E-state index contributed by atoms with van der Waals surface area (Å²) in [6, 6.07) is 11.1. The third-order valence-corrected chi connectivity index (χ3v) is 6.76. The van der Waals surface area contributed by atoms with Crippen LogP contribution in [0.3, 0.4) is 0 Å². The third-order valence-electron chi connectivity index (χ3n) is 4.99. The van der Waals surface area contributed by atoms with E-state index < -0.39 is 10.0 Å². The van der Waals surface area contributed by atoms with Gasteiger partial charge < -0.3 is 13.8 Å². The van der Waals surface area contributed by atoms with Crippen LogP contribution in [0.4, 0.5) is 5.69 Å². The molecule has 1 aromatic carbocycles. The van der Waals surface area contributed by atoms with Gasteiger partial charge in [0.05, 0.1) is 5.69 Å². The van der Waals surface area contributed by atoms with Crippen LogP contribution < -0.4 is 4.90 Å². The van der Waals surface area contributed by atoms with Gasteiger partial charge >= 0.3 is 0 Å². The lowest BCUT2D eigenvalue weighted by Gasteiger charge is -2.35. The lowest BCUT2D eigenvalue weighted by atomic mass is 10.1. The number of nitrogens with zero attached hydrogens (tertiary/aromatic N) is 3. The average Bonchev–Trinajstić information content (AvgIpc) is 3.33. The minimum absolute atomic E-state index is 0.0725. The van der Waals surface area contributed by atoms with Crippen LogP contribution in [-0.2, 0) is 10.0 Å². The Morgan fingerprint density at radius 3 is 2.36 bits per heavy atom. The number of aryl methyl sites for hydroxylation is 3. The number of aromatic nitrogens is 1. The van der Waals surface area contributed by atoms with Crippen LogP contribution in [0.2, 0.25) is 0 Å². The first-order chi connectivity index (χ1) is 13.3. The van der Waals surface area contributed by atoms with Crippen molar-refractivity contribution in [2.45, 2.75) is 25.9 Å². The molecular weight excluding hydrogens is 378 g/mol. The molecule has 0 atom stereocenters. The first-order valence-electron chi connectivity index (χ1n) is 9.20. The topological polar surface area (TPSA) is 79.8 Å². The van der Waals surface area contributed by atoms with Crippen LogP contribution in [0.1, 0.15) is 16.8 Å². The second-order valence-corrected chi connectivity index (χ2v) is 9.00. The summed E-state index contributed by atoms with van der Waals surface area (Å²) in [7, 11) is -3.69. The minimum Gasteiger partial charge on any atom is -0.440 e. The summed E-state index contributed by atoms with van der Waals surface area (Å²) < 4.78 is 38.1. The number of benzene rings is 1. The van der Waals surface area contributed by atoms with Gasteiger partial charge in [0, 0.05) is 37.9 Å². The maximum Gasteiger partial charge on any atom is 0.276 e. The Balaban J connectivity index is 1.49. The molecule has 8 heteroatoms. The monoisotopic (exact) mass is 401 g/mol.